The van der Waals surface area contributed by atoms with Crippen LogP contribution in [0.5, 0.6) is 0 Å². The Labute approximate surface area is 117 Å². The largest absolute Gasteiger partial charge is 0.363 e. The maximum atomic E-state index is 12.4. The second kappa shape index (κ2) is 6.57. The van der Waals surface area contributed by atoms with Gasteiger partial charge in [0.2, 0.25) is 0 Å². The van der Waals surface area contributed by atoms with Crippen LogP contribution in [0.15, 0.2) is 64.8 Å². The van der Waals surface area contributed by atoms with Crippen molar-refractivity contribution < 1.29 is 13.6 Å². The van der Waals surface area contributed by atoms with Crippen LogP contribution in [-0.4, -0.2) is 14.2 Å². The maximum absolute atomic E-state index is 12.4. The van der Waals surface area contributed by atoms with Crippen molar-refractivity contribution in [3.05, 3.63) is 54.6 Å². The Morgan fingerprint density at radius 3 is 2.10 bits per heavy atom. The number of hydrogen-bond acceptors (Lipinski definition) is 5. The fourth-order valence-corrected chi connectivity index (χ4v) is 2.87. The third-order valence-corrected chi connectivity index (χ3v) is 4.62. The molecule has 0 saturated carbocycles. The molecular formula is C14H15N2O3P. The van der Waals surface area contributed by atoms with E-state index in [0.29, 0.717) is 16.7 Å². The SMILES string of the molecule is COP(=O)(OC)c1ccccc1N=Nc1ccccc1. The van der Waals surface area contributed by atoms with Crippen molar-refractivity contribution in [1.29, 1.82) is 0 Å². The van der Waals surface area contributed by atoms with E-state index >= 15 is 0 Å². The minimum atomic E-state index is -3.35. The molecule has 0 aliphatic carbocycles. The summed E-state index contributed by atoms with van der Waals surface area (Å²) in [6, 6.07) is 16.2. The standard InChI is InChI=1S/C14H15N2O3P/c1-18-20(17,19-2)14-11-7-6-10-13(14)16-15-12-8-4-3-5-9-12/h3-11H,1-2H3. The highest BCUT2D eigenvalue weighted by Gasteiger charge is 2.27. The molecule has 0 aromatic heterocycles. The summed E-state index contributed by atoms with van der Waals surface area (Å²) in [5.41, 5.74) is 1.18. The summed E-state index contributed by atoms with van der Waals surface area (Å²) in [7, 11) is -0.661. The molecule has 0 N–H and O–H groups in total. The first-order valence-corrected chi connectivity index (χ1v) is 7.52. The molecule has 0 atom stereocenters. The molecule has 0 heterocycles. The van der Waals surface area contributed by atoms with Crippen LogP contribution in [-0.2, 0) is 13.6 Å². The van der Waals surface area contributed by atoms with Crippen LogP contribution in [0.2, 0.25) is 0 Å². The first-order valence-electron chi connectivity index (χ1n) is 5.97. The van der Waals surface area contributed by atoms with Crippen molar-refractivity contribution in [2.24, 2.45) is 10.2 Å². The Bertz CT molecular complexity index is 636. The van der Waals surface area contributed by atoms with E-state index in [1.807, 2.05) is 30.3 Å². The van der Waals surface area contributed by atoms with Gasteiger partial charge in [-0.2, -0.15) is 5.11 Å². The lowest BCUT2D eigenvalue weighted by molar-refractivity contribution is 0.287. The van der Waals surface area contributed by atoms with E-state index in [9.17, 15) is 4.57 Å². The highest BCUT2D eigenvalue weighted by atomic mass is 31.2. The van der Waals surface area contributed by atoms with Gasteiger partial charge < -0.3 is 9.05 Å². The van der Waals surface area contributed by atoms with Crippen LogP contribution in [0.1, 0.15) is 0 Å². The molecule has 6 heteroatoms. The van der Waals surface area contributed by atoms with Crippen molar-refractivity contribution >= 4 is 24.3 Å². The molecule has 5 nitrogen and oxygen atoms in total. The number of azo groups is 1. The average Bonchev–Trinajstić information content (AvgIpc) is 2.53. The first kappa shape index (κ1) is 14.6. The first-order chi connectivity index (χ1) is 9.69. The van der Waals surface area contributed by atoms with Crippen LogP contribution in [0.4, 0.5) is 11.4 Å². The highest BCUT2D eigenvalue weighted by molar-refractivity contribution is 7.62. The van der Waals surface area contributed by atoms with E-state index in [-0.39, 0.29) is 0 Å². The van der Waals surface area contributed by atoms with Crippen LogP contribution in [0.25, 0.3) is 0 Å². The van der Waals surface area contributed by atoms with Gasteiger partial charge in [0.15, 0.2) is 0 Å². The predicted octanol–water partition coefficient (Wildman–Crippen LogP) is 4.21. The Morgan fingerprint density at radius 2 is 1.45 bits per heavy atom. The summed E-state index contributed by atoms with van der Waals surface area (Å²) in [5.74, 6) is 0. The van der Waals surface area contributed by atoms with Crippen LogP contribution >= 0.6 is 7.60 Å². The Kier molecular flexibility index (Phi) is 4.79. The van der Waals surface area contributed by atoms with Crippen molar-refractivity contribution in [3.8, 4) is 0 Å². The molecule has 0 aliphatic heterocycles. The molecule has 2 aromatic carbocycles. The van der Waals surface area contributed by atoms with Gasteiger partial charge >= 0.3 is 7.60 Å². The molecule has 0 spiro atoms. The van der Waals surface area contributed by atoms with Crippen molar-refractivity contribution in [2.75, 3.05) is 14.2 Å². The zero-order valence-corrected chi connectivity index (χ0v) is 12.2. The van der Waals surface area contributed by atoms with Gasteiger partial charge in [0.05, 0.1) is 11.0 Å². The van der Waals surface area contributed by atoms with Crippen molar-refractivity contribution in [2.45, 2.75) is 0 Å². The maximum Gasteiger partial charge on any atom is 0.363 e. The summed E-state index contributed by atoms with van der Waals surface area (Å²) in [4.78, 5) is 0. The van der Waals surface area contributed by atoms with Gasteiger partial charge in [-0.15, -0.1) is 5.11 Å². The second-order valence-corrected chi connectivity index (χ2v) is 6.09. The van der Waals surface area contributed by atoms with E-state index in [4.69, 9.17) is 9.05 Å². The highest BCUT2D eigenvalue weighted by Crippen LogP contribution is 2.47. The smallest absolute Gasteiger partial charge is 0.309 e. The third kappa shape index (κ3) is 3.20. The molecule has 0 aliphatic rings. The topological polar surface area (TPSA) is 60.2 Å². The number of nitrogens with zero attached hydrogens (tertiary/aromatic N) is 2. The lowest BCUT2D eigenvalue weighted by atomic mass is 10.3. The fourth-order valence-electron chi connectivity index (χ4n) is 1.66. The molecular weight excluding hydrogens is 275 g/mol. The normalized spacial score (nSPS) is 11.9. The second-order valence-electron chi connectivity index (χ2n) is 3.89. The minimum absolute atomic E-state index is 0.393. The predicted molar refractivity (Wildman–Crippen MR) is 78.3 cm³/mol. The third-order valence-electron chi connectivity index (χ3n) is 2.69. The zero-order chi connectivity index (χ0) is 14.4. The summed E-state index contributed by atoms with van der Waals surface area (Å²) >= 11 is 0. The molecule has 0 bridgehead atoms. The molecule has 0 radical (unpaired) electrons. The fraction of sp³-hybridized carbons (Fsp3) is 0.143. The summed E-state index contributed by atoms with van der Waals surface area (Å²) in [5, 5.41) is 8.64. The molecule has 20 heavy (non-hydrogen) atoms. The quantitative estimate of drug-likeness (QED) is 0.612. The zero-order valence-electron chi connectivity index (χ0n) is 11.3. The molecule has 0 saturated heterocycles. The lowest BCUT2D eigenvalue weighted by Gasteiger charge is -2.14. The van der Waals surface area contributed by atoms with Crippen molar-refractivity contribution in [1.82, 2.24) is 0 Å². The van der Waals surface area contributed by atoms with Crippen molar-refractivity contribution in [3.63, 3.8) is 0 Å². The number of benzene rings is 2. The van der Waals surface area contributed by atoms with Gasteiger partial charge in [0, 0.05) is 14.2 Å². The summed E-state index contributed by atoms with van der Waals surface area (Å²) in [6.07, 6.45) is 0. The van der Waals surface area contributed by atoms with Gasteiger partial charge in [-0.25, -0.2) is 0 Å². The molecule has 104 valence electrons. The van der Waals surface area contributed by atoms with E-state index in [1.54, 1.807) is 24.3 Å². The average molecular weight is 290 g/mol. The summed E-state index contributed by atoms with van der Waals surface area (Å²) in [6.45, 7) is 0. The van der Waals surface area contributed by atoms with Gasteiger partial charge in [-0.05, 0) is 24.3 Å². The Balaban J connectivity index is 2.39. The Hall–Kier alpha value is -1.81. The molecule has 0 fully saturated rings. The summed E-state index contributed by atoms with van der Waals surface area (Å²) < 4.78 is 22.4. The van der Waals surface area contributed by atoms with E-state index < -0.39 is 7.60 Å². The number of hydrogen-bond donors (Lipinski definition) is 0. The van der Waals surface area contributed by atoms with E-state index in [0.717, 1.165) is 0 Å². The van der Waals surface area contributed by atoms with Gasteiger partial charge in [0.1, 0.15) is 5.69 Å². The lowest BCUT2D eigenvalue weighted by Crippen LogP contribution is -2.07. The Morgan fingerprint density at radius 1 is 0.850 bits per heavy atom. The van der Waals surface area contributed by atoms with Crippen LogP contribution < -0.4 is 5.30 Å². The molecule has 0 unspecified atom stereocenters. The van der Waals surface area contributed by atoms with E-state index in [2.05, 4.69) is 10.2 Å². The van der Waals surface area contributed by atoms with E-state index in [1.165, 1.54) is 14.2 Å². The number of rotatable bonds is 5. The van der Waals surface area contributed by atoms with Crippen LogP contribution in [0.3, 0.4) is 0 Å². The monoisotopic (exact) mass is 290 g/mol. The van der Waals surface area contributed by atoms with Gasteiger partial charge in [-0.3, -0.25) is 4.57 Å². The van der Waals surface area contributed by atoms with Gasteiger partial charge in [-0.1, -0.05) is 30.3 Å². The molecule has 2 rings (SSSR count). The minimum Gasteiger partial charge on any atom is -0.309 e. The van der Waals surface area contributed by atoms with Crippen LogP contribution in [0, 0.1) is 0 Å². The molecule has 2 aromatic rings. The molecule has 0 amide bonds. The van der Waals surface area contributed by atoms with Gasteiger partial charge in [0.25, 0.3) is 0 Å².